The van der Waals surface area contributed by atoms with Crippen LogP contribution in [-0.2, 0) is 16.1 Å². The Labute approximate surface area is 166 Å². The number of hydrogen-bond donors (Lipinski definition) is 2. The van der Waals surface area contributed by atoms with Crippen LogP contribution in [0.4, 0.5) is 0 Å². The fraction of sp³-hybridized carbons (Fsp3) is 0.381. The predicted molar refractivity (Wildman–Crippen MR) is 108 cm³/mol. The number of amides is 1. The lowest BCUT2D eigenvalue weighted by Gasteiger charge is -2.26. The fourth-order valence-electron chi connectivity index (χ4n) is 3.14. The fourth-order valence-corrected chi connectivity index (χ4v) is 3.14. The van der Waals surface area contributed by atoms with Crippen molar-refractivity contribution >= 4 is 18.3 Å². The van der Waals surface area contributed by atoms with Gasteiger partial charge in [-0.15, -0.1) is 12.4 Å². The maximum atomic E-state index is 12.4. The SMILES string of the molecule is Cc1cccc(Oc2ccccc2CNC(=O)C(N)C2CCOCC2)c1.Cl. The van der Waals surface area contributed by atoms with Crippen LogP contribution in [-0.4, -0.2) is 25.2 Å². The molecule has 5 nitrogen and oxygen atoms in total. The summed E-state index contributed by atoms with van der Waals surface area (Å²) in [7, 11) is 0. The molecule has 1 atom stereocenters. The summed E-state index contributed by atoms with van der Waals surface area (Å²) in [5.41, 5.74) is 8.19. The highest BCUT2D eigenvalue weighted by Crippen LogP contribution is 2.26. The first-order valence-electron chi connectivity index (χ1n) is 9.07. The molecule has 1 aliphatic heterocycles. The number of halogens is 1. The summed E-state index contributed by atoms with van der Waals surface area (Å²) < 4.78 is 11.3. The Morgan fingerprint density at radius 3 is 2.70 bits per heavy atom. The number of hydrogen-bond acceptors (Lipinski definition) is 4. The molecule has 27 heavy (non-hydrogen) atoms. The van der Waals surface area contributed by atoms with Crippen LogP contribution in [0.1, 0.15) is 24.0 Å². The highest BCUT2D eigenvalue weighted by Gasteiger charge is 2.26. The molecule has 0 radical (unpaired) electrons. The largest absolute Gasteiger partial charge is 0.457 e. The molecule has 3 N–H and O–H groups in total. The number of benzene rings is 2. The van der Waals surface area contributed by atoms with Crippen molar-refractivity contribution in [3.05, 3.63) is 59.7 Å². The van der Waals surface area contributed by atoms with E-state index in [0.29, 0.717) is 19.8 Å². The van der Waals surface area contributed by atoms with Gasteiger partial charge in [0.25, 0.3) is 0 Å². The molecular formula is C21H27ClN2O3. The Balaban J connectivity index is 0.00000261. The number of nitrogens with two attached hydrogens (primary N) is 1. The van der Waals surface area contributed by atoms with Crippen molar-refractivity contribution in [2.24, 2.45) is 11.7 Å². The maximum Gasteiger partial charge on any atom is 0.237 e. The van der Waals surface area contributed by atoms with Gasteiger partial charge in [0.1, 0.15) is 11.5 Å². The maximum absolute atomic E-state index is 12.4. The number of aryl methyl sites for hydroxylation is 1. The van der Waals surface area contributed by atoms with Crippen LogP contribution in [0.15, 0.2) is 48.5 Å². The van der Waals surface area contributed by atoms with E-state index in [1.165, 1.54) is 0 Å². The van der Waals surface area contributed by atoms with Crippen LogP contribution < -0.4 is 15.8 Å². The molecule has 0 saturated carbocycles. The molecule has 146 valence electrons. The standard InChI is InChI=1S/C21H26N2O3.ClH/c1-15-5-4-7-18(13-15)26-19-8-3-2-6-17(19)14-23-21(24)20(22)16-9-11-25-12-10-16;/h2-8,13,16,20H,9-12,14,22H2,1H3,(H,23,24);1H. The Hall–Kier alpha value is -2.08. The molecule has 2 aromatic rings. The van der Waals surface area contributed by atoms with Gasteiger partial charge in [-0.3, -0.25) is 4.79 Å². The molecule has 1 heterocycles. The average molecular weight is 391 g/mol. The third-order valence-electron chi connectivity index (χ3n) is 4.72. The molecule has 1 amide bonds. The van der Waals surface area contributed by atoms with E-state index >= 15 is 0 Å². The Morgan fingerprint density at radius 2 is 1.96 bits per heavy atom. The number of carbonyl (C=O) groups is 1. The van der Waals surface area contributed by atoms with Crippen LogP contribution in [0, 0.1) is 12.8 Å². The molecule has 3 rings (SSSR count). The molecule has 0 bridgehead atoms. The van der Waals surface area contributed by atoms with E-state index in [-0.39, 0.29) is 24.2 Å². The summed E-state index contributed by atoms with van der Waals surface area (Å²) in [6, 6.07) is 15.1. The summed E-state index contributed by atoms with van der Waals surface area (Å²) in [6.45, 7) is 3.77. The molecule has 1 fully saturated rings. The van der Waals surface area contributed by atoms with Gasteiger partial charge < -0.3 is 20.5 Å². The average Bonchev–Trinajstić information content (AvgIpc) is 2.67. The first-order chi connectivity index (χ1) is 12.6. The van der Waals surface area contributed by atoms with Crippen molar-refractivity contribution in [2.45, 2.75) is 32.4 Å². The van der Waals surface area contributed by atoms with Gasteiger partial charge in [0.2, 0.25) is 5.91 Å². The number of para-hydroxylation sites is 1. The van der Waals surface area contributed by atoms with Crippen molar-refractivity contribution < 1.29 is 14.3 Å². The van der Waals surface area contributed by atoms with Gasteiger partial charge >= 0.3 is 0 Å². The van der Waals surface area contributed by atoms with Crippen molar-refractivity contribution in [1.29, 1.82) is 0 Å². The Kier molecular flexibility index (Phi) is 8.10. The minimum absolute atomic E-state index is 0. The normalized spacial score (nSPS) is 15.5. The van der Waals surface area contributed by atoms with E-state index in [2.05, 4.69) is 5.32 Å². The number of nitrogens with one attached hydrogen (secondary N) is 1. The predicted octanol–water partition coefficient (Wildman–Crippen LogP) is 3.58. The van der Waals surface area contributed by atoms with E-state index in [0.717, 1.165) is 35.5 Å². The van der Waals surface area contributed by atoms with E-state index in [9.17, 15) is 4.79 Å². The van der Waals surface area contributed by atoms with Crippen LogP contribution in [0.5, 0.6) is 11.5 Å². The quantitative estimate of drug-likeness (QED) is 0.790. The zero-order valence-corrected chi connectivity index (χ0v) is 16.3. The highest BCUT2D eigenvalue weighted by atomic mass is 35.5. The zero-order chi connectivity index (χ0) is 18.4. The third kappa shape index (κ3) is 5.96. The van der Waals surface area contributed by atoms with Gasteiger partial charge in [-0.2, -0.15) is 0 Å². The van der Waals surface area contributed by atoms with E-state index in [1.54, 1.807) is 0 Å². The van der Waals surface area contributed by atoms with Crippen LogP contribution >= 0.6 is 12.4 Å². The Morgan fingerprint density at radius 1 is 1.22 bits per heavy atom. The van der Waals surface area contributed by atoms with Gasteiger partial charge in [0.05, 0.1) is 6.04 Å². The van der Waals surface area contributed by atoms with Crippen LogP contribution in [0.25, 0.3) is 0 Å². The van der Waals surface area contributed by atoms with Crippen molar-refractivity contribution in [2.75, 3.05) is 13.2 Å². The summed E-state index contributed by atoms with van der Waals surface area (Å²) in [5, 5.41) is 2.95. The third-order valence-corrected chi connectivity index (χ3v) is 4.72. The molecule has 1 unspecified atom stereocenters. The summed E-state index contributed by atoms with van der Waals surface area (Å²) >= 11 is 0. The van der Waals surface area contributed by atoms with Gasteiger partial charge in [0.15, 0.2) is 0 Å². The lowest BCUT2D eigenvalue weighted by Crippen LogP contribution is -2.46. The second kappa shape index (κ2) is 10.3. The number of carbonyl (C=O) groups excluding carboxylic acids is 1. The van der Waals surface area contributed by atoms with E-state index in [1.807, 2.05) is 55.5 Å². The summed E-state index contributed by atoms with van der Waals surface area (Å²) in [6.07, 6.45) is 1.67. The van der Waals surface area contributed by atoms with Gasteiger partial charge in [-0.25, -0.2) is 0 Å². The topological polar surface area (TPSA) is 73.6 Å². The van der Waals surface area contributed by atoms with Crippen LogP contribution in [0.2, 0.25) is 0 Å². The highest BCUT2D eigenvalue weighted by molar-refractivity contribution is 5.85. The zero-order valence-electron chi connectivity index (χ0n) is 15.5. The van der Waals surface area contributed by atoms with Crippen LogP contribution in [0.3, 0.4) is 0 Å². The Bertz CT molecular complexity index is 748. The molecule has 6 heteroatoms. The van der Waals surface area contributed by atoms with Crippen molar-refractivity contribution in [3.8, 4) is 11.5 Å². The first kappa shape index (κ1) is 21.2. The lowest BCUT2D eigenvalue weighted by molar-refractivity contribution is -0.124. The monoisotopic (exact) mass is 390 g/mol. The number of ether oxygens (including phenoxy) is 2. The minimum Gasteiger partial charge on any atom is -0.457 e. The van der Waals surface area contributed by atoms with E-state index in [4.69, 9.17) is 15.2 Å². The van der Waals surface area contributed by atoms with E-state index < -0.39 is 6.04 Å². The molecular weight excluding hydrogens is 364 g/mol. The second-order valence-corrected chi connectivity index (χ2v) is 6.72. The molecule has 1 aliphatic rings. The molecule has 0 aliphatic carbocycles. The summed E-state index contributed by atoms with van der Waals surface area (Å²) in [5.74, 6) is 1.57. The molecule has 2 aromatic carbocycles. The number of rotatable bonds is 6. The minimum atomic E-state index is -0.497. The molecule has 0 spiro atoms. The first-order valence-corrected chi connectivity index (χ1v) is 9.07. The summed E-state index contributed by atoms with van der Waals surface area (Å²) in [4.78, 5) is 12.4. The van der Waals surface area contributed by atoms with Gasteiger partial charge in [-0.05, 0) is 49.4 Å². The molecule has 0 aromatic heterocycles. The smallest absolute Gasteiger partial charge is 0.237 e. The van der Waals surface area contributed by atoms with Crippen molar-refractivity contribution in [1.82, 2.24) is 5.32 Å². The lowest BCUT2D eigenvalue weighted by atomic mass is 9.92. The second-order valence-electron chi connectivity index (χ2n) is 6.72. The van der Waals surface area contributed by atoms with Gasteiger partial charge in [-0.1, -0.05) is 30.3 Å². The van der Waals surface area contributed by atoms with Crippen molar-refractivity contribution in [3.63, 3.8) is 0 Å². The molecule has 1 saturated heterocycles. The van der Waals surface area contributed by atoms with Gasteiger partial charge in [0, 0.05) is 25.3 Å².